The van der Waals surface area contributed by atoms with E-state index in [0.717, 1.165) is 16.8 Å². The molecule has 4 aromatic rings. The van der Waals surface area contributed by atoms with Gasteiger partial charge in [-0.1, -0.05) is 12.1 Å². The number of alkyl halides is 2. The first-order chi connectivity index (χ1) is 17.8. The average Bonchev–Trinajstić information content (AvgIpc) is 3.42. The Morgan fingerprint density at radius 1 is 1.08 bits per heavy atom. The van der Waals surface area contributed by atoms with Crippen molar-refractivity contribution in [2.45, 2.75) is 31.7 Å². The van der Waals surface area contributed by atoms with Crippen LogP contribution >= 0.6 is 0 Å². The third-order valence-corrected chi connectivity index (χ3v) is 6.93. The second-order valence-corrected chi connectivity index (χ2v) is 9.52. The normalized spacial score (nSPS) is 16.7. The standard InChI is InChI=1S/C27H23F3N6O/c28-23-10-17(9-18-15-36(8-6-22(18)23)26(37)19-11-27(29,30)12-19)25-31-7-5-24(35-25)34-21-3-1-16(2-4-21)20-13-32-33-14-20/h1-5,7,9-10,13-14,19H,6,8,11-12,15H2,(H,32,33)(H,31,34,35). The maximum Gasteiger partial charge on any atom is 0.249 e. The van der Waals surface area contributed by atoms with E-state index in [0.29, 0.717) is 41.3 Å². The van der Waals surface area contributed by atoms with Crippen LogP contribution in [0.5, 0.6) is 0 Å². The van der Waals surface area contributed by atoms with E-state index in [-0.39, 0.29) is 18.3 Å². The van der Waals surface area contributed by atoms with Crippen molar-refractivity contribution in [3.05, 3.63) is 78.0 Å². The van der Waals surface area contributed by atoms with Gasteiger partial charge in [0.15, 0.2) is 5.82 Å². The van der Waals surface area contributed by atoms with Gasteiger partial charge in [-0.2, -0.15) is 5.10 Å². The topological polar surface area (TPSA) is 86.8 Å². The summed E-state index contributed by atoms with van der Waals surface area (Å²) in [6, 6.07) is 12.7. The number of nitrogens with zero attached hydrogens (tertiary/aromatic N) is 4. The lowest BCUT2D eigenvalue weighted by molar-refractivity contribution is -0.160. The zero-order valence-corrected chi connectivity index (χ0v) is 19.7. The number of hydrogen-bond acceptors (Lipinski definition) is 5. The fourth-order valence-corrected chi connectivity index (χ4v) is 4.93. The number of nitrogens with one attached hydrogen (secondary N) is 2. The van der Waals surface area contributed by atoms with E-state index in [9.17, 15) is 13.6 Å². The molecule has 1 amide bonds. The van der Waals surface area contributed by atoms with Gasteiger partial charge in [-0.25, -0.2) is 23.1 Å². The Morgan fingerprint density at radius 2 is 1.89 bits per heavy atom. The first-order valence-corrected chi connectivity index (χ1v) is 12.0. The smallest absolute Gasteiger partial charge is 0.249 e. The number of carbonyl (C=O) groups excluding carboxylic acids is 1. The van der Waals surface area contributed by atoms with Gasteiger partial charge < -0.3 is 10.2 Å². The average molecular weight is 505 g/mol. The van der Waals surface area contributed by atoms with Crippen molar-refractivity contribution in [3.8, 4) is 22.5 Å². The van der Waals surface area contributed by atoms with E-state index in [1.165, 1.54) is 6.07 Å². The third kappa shape index (κ3) is 4.66. The summed E-state index contributed by atoms with van der Waals surface area (Å²) in [7, 11) is 0. The molecule has 3 heterocycles. The van der Waals surface area contributed by atoms with Crippen LogP contribution in [-0.2, 0) is 17.8 Å². The number of amides is 1. The molecule has 0 radical (unpaired) electrons. The Bertz CT molecular complexity index is 1450. The van der Waals surface area contributed by atoms with Gasteiger partial charge >= 0.3 is 0 Å². The van der Waals surface area contributed by atoms with Crippen LogP contribution in [0, 0.1) is 11.7 Å². The van der Waals surface area contributed by atoms with Crippen molar-refractivity contribution in [2.24, 2.45) is 5.92 Å². The molecule has 2 aromatic heterocycles. The predicted molar refractivity (Wildman–Crippen MR) is 132 cm³/mol. The molecule has 6 rings (SSSR count). The lowest BCUT2D eigenvalue weighted by Gasteiger charge is -2.39. The van der Waals surface area contributed by atoms with Gasteiger partial charge in [0.05, 0.1) is 6.20 Å². The van der Waals surface area contributed by atoms with Gasteiger partial charge in [0, 0.05) is 61.1 Å². The molecule has 2 N–H and O–H groups in total. The van der Waals surface area contributed by atoms with Crippen molar-refractivity contribution < 1.29 is 18.0 Å². The number of rotatable bonds is 5. The molecule has 0 bridgehead atoms. The fraction of sp³-hybridized carbons (Fsp3) is 0.259. The molecule has 7 nitrogen and oxygen atoms in total. The highest BCUT2D eigenvalue weighted by atomic mass is 19.3. The van der Waals surface area contributed by atoms with Crippen LogP contribution in [0.1, 0.15) is 24.0 Å². The molecule has 0 unspecified atom stereocenters. The monoisotopic (exact) mass is 504 g/mol. The summed E-state index contributed by atoms with van der Waals surface area (Å²) < 4.78 is 41.5. The molecule has 37 heavy (non-hydrogen) atoms. The number of halogens is 3. The zero-order valence-electron chi connectivity index (χ0n) is 19.7. The van der Waals surface area contributed by atoms with Crippen LogP contribution in [0.2, 0.25) is 0 Å². The second kappa shape index (κ2) is 9.02. The lowest BCUT2D eigenvalue weighted by Crippen LogP contribution is -2.48. The predicted octanol–water partition coefficient (Wildman–Crippen LogP) is 5.35. The minimum Gasteiger partial charge on any atom is -0.340 e. The Kier molecular flexibility index (Phi) is 5.66. The number of aromatic amines is 1. The molecular weight excluding hydrogens is 481 g/mol. The summed E-state index contributed by atoms with van der Waals surface area (Å²) in [5.41, 5.74) is 4.50. The third-order valence-electron chi connectivity index (χ3n) is 6.93. The second-order valence-electron chi connectivity index (χ2n) is 9.52. The summed E-state index contributed by atoms with van der Waals surface area (Å²) in [5, 5.41) is 9.99. The summed E-state index contributed by atoms with van der Waals surface area (Å²) in [5.74, 6) is -3.21. The van der Waals surface area contributed by atoms with Gasteiger partial charge in [-0.15, -0.1) is 0 Å². The quantitative estimate of drug-likeness (QED) is 0.383. The molecule has 2 aliphatic rings. The summed E-state index contributed by atoms with van der Waals surface area (Å²) >= 11 is 0. The first kappa shape index (κ1) is 23.2. The van der Waals surface area contributed by atoms with Gasteiger partial charge in [-0.3, -0.25) is 9.89 Å². The van der Waals surface area contributed by atoms with Gasteiger partial charge in [-0.05, 0) is 53.4 Å². The number of anilines is 2. The maximum absolute atomic E-state index is 15.0. The van der Waals surface area contributed by atoms with Crippen molar-refractivity contribution in [1.29, 1.82) is 0 Å². The first-order valence-electron chi connectivity index (χ1n) is 12.0. The Morgan fingerprint density at radius 3 is 2.62 bits per heavy atom. The minimum atomic E-state index is -2.76. The van der Waals surface area contributed by atoms with Crippen molar-refractivity contribution >= 4 is 17.4 Å². The minimum absolute atomic E-state index is 0.182. The molecule has 1 aliphatic carbocycles. The van der Waals surface area contributed by atoms with Gasteiger partial charge in [0.25, 0.3) is 0 Å². The summed E-state index contributed by atoms with van der Waals surface area (Å²) in [4.78, 5) is 23.1. The van der Waals surface area contributed by atoms with E-state index in [2.05, 4.69) is 25.5 Å². The molecule has 0 atom stereocenters. The van der Waals surface area contributed by atoms with Crippen molar-refractivity contribution in [2.75, 3.05) is 11.9 Å². The van der Waals surface area contributed by atoms with Crippen LogP contribution in [0.3, 0.4) is 0 Å². The van der Waals surface area contributed by atoms with Crippen LogP contribution in [0.15, 0.2) is 61.1 Å². The molecule has 1 fully saturated rings. The van der Waals surface area contributed by atoms with E-state index in [1.54, 1.807) is 29.4 Å². The highest BCUT2D eigenvalue weighted by Crippen LogP contribution is 2.43. The fourth-order valence-electron chi connectivity index (χ4n) is 4.93. The molecule has 0 saturated heterocycles. The number of carbonyl (C=O) groups is 1. The number of benzene rings is 2. The van der Waals surface area contributed by atoms with Gasteiger partial charge in [0.1, 0.15) is 11.6 Å². The molecule has 0 spiro atoms. The molecule has 1 aliphatic heterocycles. The lowest BCUT2D eigenvalue weighted by atomic mass is 9.80. The highest BCUT2D eigenvalue weighted by molar-refractivity contribution is 5.80. The largest absolute Gasteiger partial charge is 0.340 e. The van der Waals surface area contributed by atoms with Crippen LogP contribution in [0.25, 0.3) is 22.5 Å². The Balaban J connectivity index is 1.20. The van der Waals surface area contributed by atoms with Crippen LogP contribution in [0.4, 0.5) is 24.7 Å². The van der Waals surface area contributed by atoms with Crippen LogP contribution < -0.4 is 5.32 Å². The highest BCUT2D eigenvalue weighted by Gasteiger charge is 2.50. The molecule has 2 aromatic carbocycles. The summed E-state index contributed by atoms with van der Waals surface area (Å²) in [6.45, 7) is 0.501. The summed E-state index contributed by atoms with van der Waals surface area (Å²) in [6.07, 6.45) is 4.67. The van der Waals surface area contributed by atoms with Crippen molar-refractivity contribution in [3.63, 3.8) is 0 Å². The maximum atomic E-state index is 15.0. The number of H-pyrrole nitrogens is 1. The van der Waals surface area contributed by atoms with E-state index < -0.39 is 24.7 Å². The molecular formula is C27H23F3N6O. The van der Waals surface area contributed by atoms with E-state index in [1.807, 2.05) is 30.5 Å². The molecule has 10 heteroatoms. The molecule has 1 saturated carbocycles. The van der Waals surface area contributed by atoms with E-state index >= 15 is 4.39 Å². The van der Waals surface area contributed by atoms with Crippen LogP contribution in [-0.4, -0.2) is 43.4 Å². The molecule has 188 valence electrons. The van der Waals surface area contributed by atoms with Crippen molar-refractivity contribution in [1.82, 2.24) is 25.1 Å². The SMILES string of the molecule is O=C(C1CC(F)(F)C1)N1CCc2c(F)cc(-c3nccc(Nc4ccc(-c5cn[nH]c5)cc4)n3)cc2C1. The number of fused-ring (bicyclic) bond motifs is 1. The van der Waals surface area contributed by atoms with Gasteiger partial charge in [0.2, 0.25) is 11.8 Å². The zero-order chi connectivity index (χ0) is 25.6. The Hall–Kier alpha value is -4.21. The van der Waals surface area contributed by atoms with E-state index in [4.69, 9.17) is 0 Å². The number of aromatic nitrogens is 4. The number of hydrogen-bond donors (Lipinski definition) is 2. The Labute approximate surface area is 210 Å².